The van der Waals surface area contributed by atoms with Crippen molar-refractivity contribution in [2.24, 2.45) is 4.99 Å². The second kappa shape index (κ2) is 9.53. The van der Waals surface area contributed by atoms with Crippen LogP contribution >= 0.6 is 0 Å². The summed E-state index contributed by atoms with van der Waals surface area (Å²) in [5, 5.41) is 6.82. The fourth-order valence-electron chi connectivity index (χ4n) is 2.94. The van der Waals surface area contributed by atoms with Gasteiger partial charge in [0.25, 0.3) is 0 Å². The van der Waals surface area contributed by atoms with Crippen molar-refractivity contribution in [1.82, 2.24) is 15.5 Å². The highest BCUT2D eigenvalue weighted by molar-refractivity contribution is 5.79. The molecule has 0 saturated carbocycles. The molecule has 0 radical (unpaired) electrons. The summed E-state index contributed by atoms with van der Waals surface area (Å²) in [6, 6.07) is 8.69. The Morgan fingerprint density at radius 1 is 1.30 bits per heavy atom. The molecule has 0 fully saturated rings. The lowest BCUT2D eigenvalue weighted by molar-refractivity contribution is 0.180. The van der Waals surface area contributed by atoms with Crippen molar-refractivity contribution in [2.75, 3.05) is 54.0 Å². The Hall–Kier alpha value is -1.59. The van der Waals surface area contributed by atoms with Gasteiger partial charge in [-0.25, -0.2) is 0 Å². The number of nitrogens with zero attached hydrogens (tertiary/aromatic N) is 2. The van der Waals surface area contributed by atoms with Crippen LogP contribution in [-0.2, 0) is 11.2 Å². The maximum Gasteiger partial charge on any atom is 0.191 e. The van der Waals surface area contributed by atoms with E-state index in [-0.39, 0.29) is 0 Å². The number of methoxy groups -OCH3 is 1. The summed E-state index contributed by atoms with van der Waals surface area (Å²) in [7, 11) is 5.71. The maximum absolute atomic E-state index is 5.08. The summed E-state index contributed by atoms with van der Waals surface area (Å²) in [5.41, 5.74) is 2.97. The van der Waals surface area contributed by atoms with Crippen LogP contribution in [0.3, 0.4) is 0 Å². The highest BCUT2D eigenvalue weighted by Gasteiger charge is 2.25. The zero-order valence-corrected chi connectivity index (χ0v) is 14.6. The molecule has 128 valence electrons. The van der Waals surface area contributed by atoms with E-state index in [9.17, 15) is 0 Å². The quantitative estimate of drug-likeness (QED) is 0.411. The van der Waals surface area contributed by atoms with Gasteiger partial charge in [-0.1, -0.05) is 24.3 Å². The number of hydrogen-bond acceptors (Lipinski definition) is 3. The molecule has 5 nitrogen and oxygen atoms in total. The Kier molecular flexibility index (Phi) is 7.36. The molecule has 1 atom stereocenters. The molecule has 2 rings (SSSR count). The van der Waals surface area contributed by atoms with Gasteiger partial charge < -0.3 is 20.3 Å². The SMILES string of the molecule is CN=C(NCCN(C)CCCOC)NCC1Cc2ccccc21. The first-order valence-electron chi connectivity index (χ1n) is 8.44. The van der Waals surface area contributed by atoms with E-state index in [4.69, 9.17) is 4.74 Å². The summed E-state index contributed by atoms with van der Waals surface area (Å²) >= 11 is 0. The molecule has 0 aliphatic heterocycles. The van der Waals surface area contributed by atoms with Crippen molar-refractivity contribution in [3.8, 4) is 0 Å². The number of likely N-dealkylation sites (N-methyl/N-ethyl adjacent to an activating group) is 1. The molecule has 0 spiro atoms. The normalized spacial score (nSPS) is 16.9. The minimum Gasteiger partial charge on any atom is -0.385 e. The van der Waals surface area contributed by atoms with Gasteiger partial charge in [0, 0.05) is 52.9 Å². The van der Waals surface area contributed by atoms with E-state index in [0.29, 0.717) is 5.92 Å². The molecule has 1 unspecified atom stereocenters. The molecule has 0 saturated heterocycles. The fourth-order valence-corrected chi connectivity index (χ4v) is 2.94. The number of nitrogens with one attached hydrogen (secondary N) is 2. The zero-order chi connectivity index (χ0) is 16.5. The smallest absolute Gasteiger partial charge is 0.191 e. The van der Waals surface area contributed by atoms with Crippen molar-refractivity contribution < 1.29 is 4.74 Å². The fraction of sp³-hybridized carbons (Fsp3) is 0.611. The molecule has 0 amide bonds. The van der Waals surface area contributed by atoms with Crippen LogP contribution in [0.25, 0.3) is 0 Å². The van der Waals surface area contributed by atoms with Crippen LogP contribution in [0.1, 0.15) is 23.5 Å². The van der Waals surface area contributed by atoms with Crippen LogP contribution in [0.4, 0.5) is 0 Å². The van der Waals surface area contributed by atoms with Gasteiger partial charge >= 0.3 is 0 Å². The van der Waals surface area contributed by atoms with Crippen molar-refractivity contribution >= 4 is 5.96 Å². The molecular formula is C18H30N4O. The molecule has 2 N–H and O–H groups in total. The lowest BCUT2D eigenvalue weighted by Gasteiger charge is -2.30. The predicted octanol–water partition coefficient (Wildman–Crippen LogP) is 1.46. The highest BCUT2D eigenvalue weighted by Crippen LogP contribution is 2.33. The summed E-state index contributed by atoms with van der Waals surface area (Å²) in [6.07, 6.45) is 2.24. The summed E-state index contributed by atoms with van der Waals surface area (Å²) in [6.45, 7) is 4.71. The Morgan fingerprint density at radius 3 is 2.87 bits per heavy atom. The average molecular weight is 318 g/mol. The molecule has 0 bridgehead atoms. The second-order valence-corrected chi connectivity index (χ2v) is 6.13. The van der Waals surface area contributed by atoms with E-state index < -0.39 is 0 Å². The van der Waals surface area contributed by atoms with Crippen molar-refractivity contribution in [2.45, 2.75) is 18.8 Å². The van der Waals surface area contributed by atoms with Crippen molar-refractivity contribution in [1.29, 1.82) is 0 Å². The van der Waals surface area contributed by atoms with Crippen LogP contribution < -0.4 is 10.6 Å². The van der Waals surface area contributed by atoms with E-state index in [1.165, 1.54) is 17.5 Å². The molecule has 1 aliphatic carbocycles. The first-order valence-corrected chi connectivity index (χ1v) is 8.44. The summed E-state index contributed by atoms with van der Waals surface area (Å²) in [5.74, 6) is 1.50. The molecular weight excluding hydrogens is 288 g/mol. The number of guanidine groups is 1. The Bertz CT molecular complexity index is 504. The number of fused-ring (bicyclic) bond motifs is 1. The molecule has 1 aliphatic rings. The molecule has 1 aromatic carbocycles. The van der Waals surface area contributed by atoms with E-state index >= 15 is 0 Å². The third-order valence-corrected chi connectivity index (χ3v) is 4.38. The van der Waals surface area contributed by atoms with Gasteiger partial charge in [-0.15, -0.1) is 0 Å². The predicted molar refractivity (Wildman–Crippen MR) is 96.2 cm³/mol. The van der Waals surface area contributed by atoms with Gasteiger partial charge in [-0.05, 0) is 31.0 Å². The third-order valence-electron chi connectivity index (χ3n) is 4.38. The summed E-state index contributed by atoms with van der Waals surface area (Å²) in [4.78, 5) is 6.61. The van der Waals surface area contributed by atoms with Crippen LogP contribution in [0.2, 0.25) is 0 Å². The van der Waals surface area contributed by atoms with Crippen LogP contribution in [0, 0.1) is 0 Å². The second-order valence-electron chi connectivity index (χ2n) is 6.13. The number of rotatable bonds is 9. The number of hydrogen-bond donors (Lipinski definition) is 2. The molecule has 23 heavy (non-hydrogen) atoms. The number of benzene rings is 1. The largest absolute Gasteiger partial charge is 0.385 e. The van der Waals surface area contributed by atoms with Gasteiger partial charge in [0.2, 0.25) is 0 Å². The molecule has 0 heterocycles. The minimum atomic E-state index is 0.612. The molecule has 5 heteroatoms. The first-order chi connectivity index (χ1) is 11.2. The van der Waals surface area contributed by atoms with Crippen LogP contribution in [-0.4, -0.2) is 64.9 Å². The Morgan fingerprint density at radius 2 is 2.13 bits per heavy atom. The van der Waals surface area contributed by atoms with E-state index in [1.54, 1.807) is 7.11 Å². The first kappa shape index (κ1) is 17.8. The van der Waals surface area contributed by atoms with Crippen LogP contribution in [0.15, 0.2) is 29.3 Å². The maximum atomic E-state index is 5.08. The number of ether oxygens (including phenoxy) is 1. The topological polar surface area (TPSA) is 48.9 Å². The van der Waals surface area contributed by atoms with E-state index in [0.717, 1.165) is 45.2 Å². The van der Waals surface area contributed by atoms with Gasteiger partial charge in [0.1, 0.15) is 0 Å². The summed E-state index contributed by atoms with van der Waals surface area (Å²) < 4.78 is 5.08. The Labute approximate surface area is 140 Å². The van der Waals surface area contributed by atoms with Gasteiger partial charge in [-0.2, -0.15) is 0 Å². The number of aliphatic imine (C=N–C) groups is 1. The van der Waals surface area contributed by atoms with Gasteiger partial charge in [-0.3, -0.25) is 4.99 Å². The third kappa shape index (κ3) is 5.52. The van der Waals surface area contributed by atoms with Gasteiger partial charge in [0.05, 0.1) is 0 Å². The van der Waals surface area contributed by atoms with E-state index in [1.807, 2.05) is 7.05 Å². The highest BCUT2D eigenvalue weighted by atomic mass is 16.5. The van der Waals surface area contributed by atoms with Crippen LogP contribution in [0.5, 0.6) is 0 Å². The Balaban J connectivity index is 1.61. The lowest BCUT2D eigenvalue weighted by Crippen LogP contribution is -2.43. The average Bonchev–Trinajstić information content (AvgIpc) is 2.54. The van der Waals surface area contributed by atoms with Crippen molar-refractivity contribution in [3.63, 3.8) is 0 Å². The molecule has 1 aromatic rings. The molecule has 0 aromatic heterocycles. The minimum absolute atomic E-state index is 0.612. The monoisotopic (exact) mass is 318 g/mol. The standard InChI is InChI=1S/C18H30N4O/c1-19-18(20-9-11-22(2)10-6-12-23-3)21-14-16-13-15-7-4-5-8-17(15)16/h4-5,7-8,16H,6,9-14H2,1-3H3,(H2,19,20,21). The van der Waals surface area contributed by atoms with E-state index in [2.05, 4.69) is 51.8 Å². The van der Waals surface area contributed by atoms with Crippen molar-refractivity contribution in [3.05, 3.63) is 35.4 Å². The van der Waals surface area contributed by atoms with Gasteiger partial charge in [0.15, 0.2) is 5.96 Å². The zero-order valence-electron chi connectivity index (χ0n) is 14.6. The lowest BCUT2D eigenvalue weighted by atomic mass is 9.78.